The van der Waals surface area contributed by atoms with Gasteiger partial charge in [0.25, 0.3) is 0 Å². The summed E-state index contributed by atoms with van der Waals surface area (Å²) in [5, 5.41) is 11.0. The van der Waals surface area contributed by atoms with Gasteiger partial charge in [0.1, 0.15) is 0 Å². The van der Waals surface area contributed by atoms with Crippen LogP contribution in [0.15, 0.2) is 59.5 Å². The third kappa shape index (κ3) is 5.21. The number of halogens is 2. The van der Waals surface area contributed by atoms with E-state index in [-0.39, 0.29) is 23.0 Å². The summed E-state index contributed by atoms with van der Waals surface area (Å²) in [5.74, 6) is -2.60. The number of carbonyl (C=O) groups excluding carboxylic acids is 3. The first-order valence-corrected chi connectivity index (χ1v) is 10.2. The van der Waals surface area contributed by atoms with Crippen LogP contribution in [0, 0.1) is 0 Å². The number of thioether (sulfide) groups is 1. The van der Waals surface area contributed by atoms with Crippen molar-refractivity contribution in [3.63, 3.8) is 0 Å². The van der Waals surface area contributed by atoms with Gasteiger partial charge >= 0.3 is 5.97 Å². The van der Waals surface area contributed by atoms with Gasteiger partial charge in [-0.25, -0.2) is 9.69 Å². The van der Waals surface area contributed by atoms with Gasteiger partial charge in [0, 0.05) is 34.2 Å². The molecule has 3 amide bonds. The smallest absolute Gasteiger partial charge is 0.328 e. The zero-order valence-electron chi connectivity index (χ0n) is 15.2. The van der Waals surface area contributed by atoms with Crippen LogP contribution in [-0.2, 0) is 19.2 Å². The Morgan fingerprint density at radius 1 is 1.13 bits per heavy atom. The van der Waals surface area contributed by atoms with E-state index in [0.29, 0.717) is 15.6 Å². The Bertz CT molecular complexity index is 1070. The molecule has 3 rings (SSSR count). The van der Waals surface area contributed by atoms with E-state index in [2.05, 4.69) is 5.32 Å². The minimum absolute atomic E-state index is 0.000388. The van der Waals surface area contributed by atoms with E-state index < -0.39 is 23.0 Å². The summed E-state index contributed by atoms with van der Waals surface area (Å²) < 4.78 is 0. The second-order valence-electron chi connectivity index (χ2n) is 6.16. The highest BCUT2D eigenvalue weighted by Gasteiger charge is 2.40. The number of nitrogens with zero attached hydrogens (tertiary/aromatic N) is 1. The predicted molar refractivity (Wildman–Crippen MR) is 115 cm³/mol. The molecule has 0 aliphatic carbocycles. The molecule has 1 saturated heterocycles. The zero-order valence-corrected chi connectivity index (χ0v) is 17.5. The molecular weight excluding hydrogens is 451 g/mol. The first-order valence-electron chi connectivity index (χ1n) is 8.55. The molecule has 0 aromatic heterocycles. The Labute approximate surface area is 185 Å². The number of aliphatic carboxylic acids is 1. The van der Waals surface area contributed by atoms with Crippen LogP contribution in [0.2, 0.25) is 10.0 Å². The standard InChI is InChI=1S/C20H14Cl2N2O5S/c21-11-4-5-15(14(22)8-11)24-18(26)10-16(20(24)29)30-13-3-1-2-12(9-13)23-17(25)6-7-19(27)28/h1-9,16H,10H2,(H,23,25)(H,27,28)/b7-6+/t16-/m0/s1. The Hall–Kier alpha value is -2.81. The highest BCUT2D eigenvalue weighted by atomic mass is 35.5. The van der Waals surface area contributed by atoms with Crippen LogP contribution in [0.4, 0.5) is 11.4 Å². The lowest BCUT2D eigenvalue weighted by atomic mass is 10.3. The Morgan fingerprint density at radius 3 is 2.60 bits per heavy atom. The van der Waals surface area contributed by atoms with Crippen LogP contribution >= 0.6 is 35.0 Å². The van der Waals surface area contributed by atoms with Crippen molar-refractivity contribution in [3.8, 4) is 0 Å². The van der Waals surface area contributed by atoms with Crippen LogP contribution in [-0.4, -0.2) is 34.0 Å². The summed E-state index contributed by atoms with van der Waals surface area (Å²) in [6.45, 7) is 0. The molecular formula is C20H14Cl2N2O5S. The van der Waals surface area contributed by atoms with Crippen LogP contribution in [0.3, 0.4) is 0 Å². The maximum Gasteiger partial charge on any atom is 0.328 e. The maximum atomic E-state index is 12.8. The number of rotatable bonds is 6. The largest absolute Gasteiger partial charge is 0.478 e. The van der Waals surface area contributed by atoms with Crippen molar-refractivity contribution in [2.24, 2.45) is 0 Å². The summed E-state index contributed by atoms with van der Waals surface area (Å²) in [5.41, 5.74) is 0.708. The molecule has 0 spiro atoms. The second kappa shape index (κ2) is 9.34. The van der Waals surface area contributed by atoms with E-state index in [1.165, 1.54) is 23.9 Å². The number of hydrogen-bond acceptors (Lipinski definition) is 5. The summed E-state index contributed by atoms with van der Waals surface area (Å²) in [6.07, 6.45) is 1.63. The molecule has 2 aromatic rings. The normalized spacial score (nSPS) is 16.3. The number of carboxylic acid groups (broad SMARTS) is 1. The fraction of sp³-hybridized carbons (Fsp3) is 0.100. The fourth-order valence-corrected chi connectivity index (χ4v) is 4.36. The van der Waals surface area contributed by atoms with E-state index in [1.807, 2.05) is 0 Å². The van der Waals surface area contributed by atoms with E-state index in [9.17, 15) is 19.2 Å². The van der Waals surface area contributed by atoms with Gasteiger partial charge in [-0.3, -0.25) is 14.4 Å². The Morgan fingerprint density at radius 2 is 1.90 bits per heavy atom. The molecule has 1 aliphatic rings. The van der Waals surface area contributed by atoms with Gasteiger partial charge in [-0.15, -0.1) is 11.8 Å². The summed E-state index contributed by atoms with van der Waals surface area (Å²) >= 11 is 13.2. The lowest BCUT2D eigenvalue weighted by Crippen LogP contribution is -2.31. The molecule has 1 aliphatic heterocycles. The average Bonchev–Trinajstić information content (AvgIpc) is 2.94. The molecule has 0 bridgehead atoms. The second-order valence-corrected chi connectivity index (χ2v) is 8.28. The first kappa shape index (κ1) is 21.9. The Kier molecular flexibility index (Phi) is 6.81. The topological polar surface area (TPSA) is 104 Å². The number of carbonyl (C=O) groups is 4. The summed E-state index contributed by atoms with van der Waals surface area (Å²) in [4.78, 5) is 49.2. The van der Waals surface area contributed by atoms with Crippen molar-refractivity contribution in [2.75, 3.05) is 10.2 Å². The molecule has 1 atom stereocenters. The molecule has 7 nitrogen and oxygen atoms in total. The van der Waals surface area contributed by atoms with Gasteiger partial charge < -0.3 is 10.4 Å². The third-order valence-electron chi connectivity index (χ3n) is 4.01. The zero-order chi connectivity index (χ0) is 21.8. The summed E-state index contributed by atoms with van der Waals surface area (Å²) in [7, 11) is 0. The van der Waals surface area contributed by atoms with Gasteiger partial charge in [0.15, 0.2) is 0 Å². The quantitative estimate of drug-likeness (QED) is 0.494. The Balaban J connectivity index is 1.72. The lowest BCUT2D eigenvalue weighted by Gasteiger charge is -2.16. The van der Waals surface area contributed by atoms with Gasteiger partial charge in [-0.05, 0) is 36.4 Å². The van der Waals surface area contributed by atoms with Crippen LogP contribution in [0.1, 0.15) is 6.42 Å². The van der Waals surface area contributed by atoms with E-state index in [1.54, 1.807) is 30.3 Å². The van der Waals surface area contributed by atoms with Gasteiger partial charge in [-0.1, -0.05) is 29.3 Å². The van der Waals surface area contributed by atoms with Crippen molar-refractivity contribution in [3.05, 3.63) is 64.7 Å². The number of anilines is 2. The SMILES string of the molecule is O=C(O)/C=C/C(=O)Nc1cccc(S[C@H]2CC(=O)N(c3ccc(Cl)cc3Cl)C2=O)c1. The molecule has 0 radical (unpaired) electrons. The maximum absolute atomic E-state index is 12.8. The number of benzene rings is 2. The third-order valence-corrected chi connectivity index (χ3v) is 5.73. The van der Waals surface area contributed by atoms with Crippen molar-refractivity contribution in [1.29, 1.82) is 0 Å². The van der Waals surface area contributed by atoms with E-state index >= 15 is 0 Å². The van der Waals surface area contributed by atoms with Gasteiger partial charge in [-0.2, -0.15) is 0 Å². The fourth-order valence-electron chi connectivity index (χ4n) is 2.75. The molecule has 0 unspecified atom stereocenters. The van der Waals surface area contributed by atoms with E-state index in [0.717, 1.165) is 17.1 Å². The highest BCUT2D eigenvalue weighted by molar-refractivity contribution is 8.00. The molecule has 10 heteroatoms. The van der Waals surface area contributed by atoms with Crippen LogP contribution in [0.25, 0.3) is 0 Å². The van der Waals surface area contributed by atoms with Crippen LogP contribution in [0.5, 0.6) is 0 Å². The minimum Gasteiger partial charge on any atom is -0.478 e. The van der Waals surface area contributed by atoms with Gasteiger partial charge in [0.05, 0.1) is 16.0 Å². The predicted octanol–water partition coefficient (Wildman–Crippen LogP) is 4.00. The van der Waals surface area contributed by atoms with Crippen molar-refractivity contribution < 1.29 is 24.3 Å². The number of imide groups is 1. The monoisotopic (exact) mass is 464 g/mol. The first-order chi connectivity index (χ1) is 14.2. The lowest BCUT2D eigenvalue weighted by molar-refractivity contribution is -0.131. The molecule has 2 aromatic carbocycles. The van der Waals surface area contributed by atoms with E-state index in [4.69, 9.17) is 28.3 Å². The summed E-state index contributed by atoms with van der Waals surface area (Å²) in [6, 6.07) is 11.2. The van der Waals surface area contributed by atoms with Crippen molar-refractivity contribution in [1.82, 2.24) is 0 Å². The van der Waals surface area contributed by atoms with Gasteiger partial charge in [0.2, 0.25) is 17.7 Å². The number of carboxylic acids is 1. The van der Waals surface area contributed by atoms with Crippen molar-refractivity contribution in [2.45, 2.75) is 16.6 Å². The average molecular weight is 465 g/mol. The number of nitrogens with one attached hydrogen (secondary N) is 1. The van der Waals surface area contributed by atoms with Crippen molar-refractivity contribution >= 4 is 70.0 Å². The minimum atomic E-state index is -1.23. The molecule has 1 fully saturated rings. The molecule has 154 valence electrons. The number of hydrogen-bond donors (Lipinski definition) is 2. The molecule has 1 heterocycles. The molecule has 2 N–H and O–H groups in total. The van der Waals surface area contributed by atoms with Crippen LogP contribution < -0.4 is 10.2 Å². The number of amides is 3. The highest BCUT2D eigenvalue weighted by Crippen LogP contribution is 2.37. The molecule has 0 saturated carbocycles. The molecule has 30 heavy (non-hydrogen) atoms.